The van der Waals surface area contributed by atoms with Gasteiger partial charge in [-0.2, -0.15) is 9.46 Å². The normalized spacial score (nSPS) is 10.5. The van der Waals surface area contributed by atoms with Gasteiger partial charge in [-0.1, -0.05) is 90.8 Å². The summed E-state index contributed by atoms with van der Waals surface area (Å²) in [5, 5.41) is 17.3. The van der Waals surface area contributed by atoms with Crippen LogP contribution in [0.25, 0.3) is 47.9 Å². The number of fused-ring (bicyclic) bond motifs is 2. The molecule has 0 aliphatic carbocycles. The maximum Gasteiger partial charge on any atom is 0.138 e. The van der Waals surface area contributed by atoms with Gasteiger partial charge in [0, 0.05) is 40.1 Å². The molecule has 0 amide bonds. The van der Waals surface area contributed by atoms with Gasteiger partial charge in [0.05, 0.1) is 34.6 Å². The number of hydrogen-bond acceptors (Lipinski definition) is 4. The van der Waals surface area contributed by atoms with E-state index in [2.05, 4.69) is 42.2 Å². The van der Waals surface area contributed by atoms with Crippen molar-refractivity contribution in [3.63, 3.8) is 0 Å². The molecule has 0 saturated heterocycles. The van der Waals surface area contributed by atoms with Crippen LogP contribution in [-0.2, 0) is 9.47 Å². The number of halogens is 1. The Morgan fingerprint density at radius 2 is 1.09 bits per heavy atom. The summed E-state index contributed by atoms with van der Waals surface area (Å²) in [6.07, 6.45) is 0. The van der Waals surface area contributed by atoms with Gasteiger partial charge in [-0.05, 0) is 13.8 Å². The zero-order valence-corrected chi connectivity index (χ0v) is 22.2. The lowest BCUT2D eigenvalue weighted by Crippen LogP contribution is -2.33. The molecule has 0 bridgehead atoms. The summed E-state index contributed by atoms with van der Waals surface area (Å²) in [5.74, 6) is 0. The fourth-order valence-corrected chi connectivity index (χ4v) is 3.66. The molecule has 2 aromatic heterocycles. The molecule has 0 aliphatic heterocycles. The minimum absolute atomic E-state index is 0.500. The minimum Gasteiger partial charge on any atom is -0.428 e. The standard InChI is InChI=1S/C14H17NO2.C10H9NO.C4H9BrO/c1-4-16-9-10-17-15-11(2)13-7-5-6-8-14(13)12(15)3;1-7-9-5-3-4-6-10(9)8(2)11(7)12;1-2-6-4-3-5/h5-8H,2-4,9-10H2,1H3;3-6,12H,1-2H2;2-4H2,1H3. The number of ether oxygens (including phenoxy) is 2. The highest BCUT2D eigenvalue weighted by Gasteiger charge is 2.04. The van der Waals surface area contributed by atoms with Crippen molar-refractivity contribution in [2.75, 3.05) is 38.4 Å². The Hall–Kier alpha value is -3.00. The lowest BCUT2D eigenvalue weighted by atomic mass is 10.2. The topological polar surface area (TPSA) is 57.8 Å². The van der Waals surface area contributed by atoms with Crippen molar-refractivity contribution < 1.29 is 19.5 Å². The smallest absolute Gasteiger partial charge is 0.138 e. The van der Waals surface area contributed by atoms with Crippen molar-refractivity contribution in [3.8, 4) is 0 Å². The van der Waals surface area contributed by atoms with Crippen LogP contribution in [0.4, 0.5) is 0 Å². The van der Waals surface area contributed by atoms with E-state index in [0.29, 0.717) is 30.5 Å². The summed E-state index contributed by atoms with van der Waals surface area (Å²) in [7, 11) is 0. The monoisotopic (exact) mass is 542 g/mol. The average molecular weight is 544 g/mol. The van der Waals surface area contributed by atoms with E-state index in [1.165, 1.54) is 0 Å². The molecule has 0 unspecified atom stereocenters. The van der Waals surface area contributed by atoms with Crippen LogP contribution in [0.2, 0.25) is 0 Å². The lowest BCUT2D eigenvalue weighted by molar-refractivity contribution is 0.0376. The third kappa shape index (κ3) is 7.24. The highest BCUT2D eigenvalue weighted by molar-refractivity contribution is 9.09. The summed E-state index contributed by atoms with van der Waals surface area (Å²) in [5.41, 5.74) is 0. The summed E-state index contributed by atoms with van der Waals surface area (Å²) in [4.78, 5) is 5.62. The largest absolute Gasteiger partial charge is 0.428 e. The molecule has 0 aliphatic rings. The Bertz CT molecular complexity index is 1310. The van der Waals surface area contributed by atoms with Crippen LogP contribution in [-0.4, -0.2) is 53.0 Å². The van der Waals surface area contributed by atoms with Crippen LogP contribution in [0.5, 0.6) is 0 Å². The van der Waals surface area contributed by atoms with E-state index in [9.17, 15) is 5.21 Å². The van der Waals surface area contributed by atoms with E-state index in [-0.39, 0.29) is 0 Å². The highest BCUT2D eigenvalue weighted by Crippen LogP contribution is 2.04. The summed E-state index contributed by atoms with van der Waals surface area (Å²) in [6, 6.07) is 15.7. The van der Waals surface area contributed by atoms with Crippen molar-refractivity contribution in [3.05, 3.63) is 69.9 Å². The molecule has 1 N–H and O–H groups in total. The van der Waals surface area contributed by atoms with E-state index >= 15 is 0 Å². The Kier molecular flexibility index (Phi) is 11.6. The SMILES string of the molecule is C=c1c2ccccc2c(=C)n1O.C=c1c2ccccc2c(=C)n1OCCOCC.CCOCCBr. The van der Waals surface area contributed by atoms with Gasteiger partial charge < -0.3 is 19.5 Å². The number of hydrogen-bond donors (Lipinski definition) is 1. The first-order chi connectivity index (χ1) is 16.9. The Balaban J connectivity index is 0.000000209. The van der Waals surface area contributed by atoms with Crippen LogP contribution in [0.1, 0.15) is 13.8 Å². The minimum atomic E-state index is 0.500. The Labute approximate surface area is 214 Å². The van der Waals surface area contributed by atoms with Gasteiger partial charge in [0.2, 0.25) is 0 Å². The molecule has 188 valence electrons. The van der Waals surface area contributed by atoms with Gasteiger partial charge in [-0.3, -0.25) is 0 Å². The van der Waals surface area contributed by atoms with E-state index in [1.54, 1.807) is 4.73 Å². The average Bonchev–Trinajstić information content (AvgIpc) is 3.26. The fourth-order valence-electron chi connectivity index (χ4n) is 3.43. The van der Waals surface area contributed by atoms with Crippen molar-refractivity contribution in [2.45, 2.75) is 13.8 Å². The van der Waals surface area contributed by atoms with Crippen molar-refractivity contribution in [1.82, 2.24) is 9.46 Å². The second-order valence-corrected chi connectivity index (χ2v) is 8.19. The van der Waals surface area contributed by atoms with Gasteiger partial charge in [-0.15, -0.1) is 0 Å². The molecule has 4 rings (SSSR count). The van der Waals surface area contributed by atoms with E-state index in [1.807, 2.05) is 62.4 Å². The van der Waals surface area contributed by atoms with Crippen LogP contribution in [0, 0.1) is 0 Å². The maximum atomic E-state index is 9.42. The lowest BCUT2D eigenvalue weighted by Gasteiger charge is -2.07. The van der Waals surface area contributed by atoms with Crippen LogP contribution in [0.3, 0.4) is 0 Å². The third-order valence-electron chi connectivity index (χ3n) is 5.18. The first-order valence-corrected chi connectivity index (χ1v) is 12.6. The van der Waals surface area contributed by atoms with E-state index < -0.39 is 0 Å². The number of nitrogens with zero attached hydrogens (tertiary/aromatic N) is 2. The van der Waals surface area contributed by atoms with Crippen molar-refractivity contribution >= 4 is 63.8 Å². The molecule has 0 atom stereocenters. The number of aromatic nitrogens is 2. The van der Waals surface area contributed by atoms with Gasteiger partial charge >= 0.3 is 0 Å². The first-order valence-electron chi connectivity index (χ1n) is 11.5. The van der Waals surface area contributed by atoms with Crippen LogP contribution < -0.4 is 26.2 Å². The second-order valence-electron chi connectivity index (χ2n) is 7.40. The third-order valence-corrected chi connectivity index (χ3v) is 5.50. The molecule has 4 aromatic rings. The Morgan fingerprint density at radius 3 is 1.46 bits per heavy atom. The molecule has 35 heavy (non-hydrogen) atoms. The Morgan fingerprint density at radius 1 is 0.686 bits per heavy atom. The van der Waals surface area contributed by atoms with Crippen LogP contribution in [0.15, 0.2) is 48.5 Å². The summed E-state index contributed by atoms with van der Waals surface area (Å²) >= 11 is 3.23. The molecule has 0 fully saturated rings. The molecule has 0 radical (unpaired) electrons. The second kappa shape index (κ2) is 14.4. The van der Waals surface area contributed by atoms with Crippen molar-refractivity contribution in [2.24, 2.45) is 0 Å². The maximum absolute atomic E-state index is 9.42. The molecule has 7 heteroatoms. The predicted octanol–water partition coefficient (Wildman–Crippen LogP) is 3.04. The molecule has 0 saturated carbocycles. The van der Waals surface area contributed by atoms with E-state index in [4.69, 9.17) is 14.3 Å². The zero-order valence-electron chi connectivity index (χ0n) is 20.6. The summed E-state index contributed by atoms with van der Waals surface area (Å²) in [6.45, 7) is 22.9. The van der Waals surface area contributed by atoms with E-state index in [0.717, 1.165) is 55.5 Å². The molecule has 2 aromatic carbocycles. The zero-order chi connectivity index (χ0) is 25.8. The number of rotatable bonds is 8. The quantitative estimate of drug-likeness (QED) is 0.211. The van der Waals surface area contributed by atoms with Gasteiger partial charge in [0.25, 0.3) is 0 Å². The predicted molar refractivity (Wildman–Crippen MR) is 150 cm³/mol. The number of alkyl halides is 1. The van der Waals surface area contributed by atoms with Crippen LogP contribution >= 0.6 is 15.9 Å². The molecular weight excluding hydrogens is 508 g/mol. The number of benzene rings is 2. The van der Waals surface area contributed by atoms with Gasteiger partial charge in [0.15, 0.2) is 0 Å². The van der Waals surface area contributed by atoms with Gasteiger partial charge in [-0.25, -0.2) is 0 Å². The fraction of sp³-hybridized carbons (Fsp3) is 0.286. The molecule has 0 spiro atoms. The van der Waals surface area contributed by atoms with Crippen molar-refractivity contribution in [1.29, 1.82) is 0 Å². The molecule has 2 heterocycles. The molecular formula is C28H35BrN2O4. The van der Waals surface area contributed by atoms with Gasteiger partial charge in [0.1, 0.15) is 6.61 Å². The first kappa shape index (κ1) is 28.2. The molecule has 6 nitrogen and oxygen atoms in total. The summed E-state index contributed by atoms with van der Waals surface area (Å²) < 4.78 is 12.9. The highest BCUT2D eigenvalue weighted by atomic mass is 79.9.